The number of alkyl halides is 1. The minimum Gasteiger partial charge on any atom is -0.378 e. The fourth-order valence-electron chi connectivity index (χ4n) is 1.22. The fourth-order valence-corrected chi connectivity index (χ4v) is 1.97. The molecule has 2 rings (SSSR count). The van der Waals surface area contributed by atoms with Crippen molar-refractivity contribution < 1.29 is 9.13 Å². The maximum Gasteiger partial charge on any atom is 0.141 e. The van der Waals surface area contributed by atoms with Crippen LogP contribution in [0.1, 0.15) is 5.56 Å². The molecule has 0 unspecified atom stereocenters. The molecule has 1 aliphatic rings. The quantitative estimate of drug-likeness (QED) is 0.709. The normalized spacial score (nSPS) is 19.6. The third-order valence-electron chi connectivity index (χ3n) is 2.10. The van der Waals surface area contributed by atoms with Crippen molar-refractivity contribution in [2.45, 2.75) is 4.32 Å². The van der Waals surface area contributed by atoms with Gasteiger partial charge < -0.3 is 4.74 Å². The molecule has 4 heteroatoms. The zero-order valence-electron chi connectivity index (χ0n) is 6.69. The van der Waals surface area contributed by atoms with E-state index in [-0.39, 0.29) is 15.2 Å². The largest absolute Gasteiger partial charge is 0.378 e. The zero-order chi connectivity index (χ0) is 9.47. The first kappa shape index (κ1) is 9.44. The Bertz CT molecular complexity index is 338. The van der Waals surface area contributed by atoms with Crippen molar-refractivity contribution in [2.75, 3.05) is 13.2 Å². The number of hydrogen-bond acceptors (Lipinski definition) is 1. The molecule has 0 amide bonds. The number of hydrogen-bond donors (Lipinski definition) is 0. The van der Waals surface area contributed by atoms with E-state index in [0.29, 0.717) is 13.2 Å². The van der Waals surface area contributed by atoms with Crippen LogP contribution in [0, 0.1) is 5.82 Å². The number of ether oxygens (including phenoxy) is 1. The van der Waals surface area contributed by atoms with Crippen LogP contribution in [0.3, 0.4) is 0 Å². The molecule has 0 spiro atoms. The lowest BCUT2D eigenvalue weighted by molar-refractivity contribution is -0.00700. The van der Waals surface area contributed by atoms with E-state index in [1.807, 2.05) is 0 Å². The second kappa shape index (κ2) is 3.23. The lowest BCUT2D eigenvalue weighted by Crippen LogP contribution is -2.40. The summed E-state index contributed by atoms with van der Waals surface area (Å²) < 4.78 is 17.7. The lowest BCUT2D eigenvalue weighted by atomic mass is 9.97. The second-order valence-electron chi connectivity index (χ2n) is 3.09. The van der Waals surface area contributed by atoms with Gasteiger partial charge in [0, 0.05) is 0 Å². The van der Waals surface area contributed by atoms with Crippen LogP contribution in [0.25, 0.3) is 0 Å². The van der Waals surface area contributed by atoms with Gasteiger partial charge in [0.2, 0.25) is 0 Å². The highest BCUT2D eigenvalue weighted by Crippen LogP contribution is 2.39. The summed E-state index contributed by atoms with van der Waals surface area (Å²) in [7, 11) is 0. The molecule has 1 aromatic rings. The van der Waals surface area contributed by atoms with Crippen molar-refractivity contribution in [3.05, 3.63) is 34.6 Å². The second-order valence-corrected chi connectivity index (χ2v) is 5.01. The minimum atomic E-state index is -0.387. The standard InChI is InChI=1S/C9H7BrClFO/c10-9(4-13-5-9)6-1-2-8(12)7(11)3-6/h1-3H,4-5H2. The smallest absolute Gasteiger partial charge is 0.141 e. The van der Waals surface area contributed by atoms with Gasteiger partial charge >= 0.3 is 0 Å². The van der Waals surface area contributed by atoms with Crippen LogP contribution in [-0.4, -0.2) is 13.2 Å². The third kappa shape index (κ3) is 1.60. The average Bonchev–Trinajstić information content (AvgIpc) is 2.06. The van der Waals surface area contributed by atoms with Crippen LogP contribution in [0.2, 0.25) is 5.02 Å². The van der Waals surface area contributed by atoms with Crippen molar-refractivity contribution in [2.24, 2.45) is 0 Å². The van der Waals surface area contributed by atoms with Crippen LogP contribution >= 0.6 is 27.5 Å². The predicted octanol–water partition coefficient (Wildman–Crippen LogP) is 3.10. The molecule has 0 saturated carbocycles. The van der Waals surface area contributed by atoms with Gasteiger partial charge in [-0.05, 0) is 17.7 Å². The molecular formula is C9H7BrClFO. The van der Waals surface area contributed by atoms with Gasteiger partial charge in [0.15, 0.2) is 0 Å². The van der Waals surface area contributed by atoms with E-state index in [9.17, 15) is 4.39 Å². The van der Waals surface area contributed by atoms with Crippen molar-refractivity contribution in [1.82, 2.24) is 0 Å². The molecule has 0 aliphatic carbocycles. The first-order chi connectivity index (χ1) is 6.12. The molecule has 0 aromatic heterocycles. The summed E-state index contributed by atoms with van der Waals surface area (Å²) in [4.78, 5) is 0. The Balaban J connectivity index is 2.36. The Labute approximate surface area is 89.0 Å². The van der Waals surface area contributed by atoms with Crippen molar-refractivity contribution >= 4 is 27.5 Å². The topological polar surface area (TPSA) is 9.23 Å². The molecule has 1 nitrogen and oxygen atoms in total. The average molecular weight is 266 g/mol. The van der Waals surface area contributed by atoms with Crippen LogP contribution in [0.5, 0.6) is 0 Å². The summed E-state index contributed by atoms with van der Waals surface area (Å²) >= 11 is 9.19. The summed E-state index contributed by atoms with van der Waals surface area (Å²) in [6, 6.07) is 4.73. The monoisotopic (exact) mass is 264 g/mol. The Morgan fingerprint density at radius 3 is 2.62 bits per heavy atom. The Kier molecular flexibility index (Phi) is 2.34. The van der Waals surface area contributed by atoms with Gasteiger partial charge in [-0.2, -0.15) is 0 Å². The maximum absolute atomic E-state index is 12.8. The van der Waals surface area contributed by atoms with Crippen LogP contribution < -0.4 is 0 Å². The number of rotatable bonds is 1. The summed E-state index contributed by atoms with van der Waals surface area (Å²) in [6.45, 7) is 1.21. The highest BCUT2D eigenvalue weighted by atomic mass is 79.9. The Morgan fingerprint density at radius 1 is 1.46 bits per heavy atom. The van der Waals surface area contributed by atoms with Crippen LogP contribution in [0.4, 0.5) is 4.39 Å². The van der Waals surface area contributed by atoms with Gasteiger partial charge in [0.05, 0.1) is 22.6 Å². The molecule has 0 N–H and O–H groups in total. The molecule has 0 bridgehead atoms. The molecular weight excluding hydrogens is 258 g/mol. The summed E-state index contributed by atoms with van der Waals surface area (Å²) in [5, 5.41) is 0.156. The summed E-state index contributed by atoms with van der Waals surface area (Å²) in [5.41, 5.74) is 0.963. The summed E-state index contributed by atoms with van der Waals surface area (Å²) in [5.74, 6) is -0.387. The van der Waals surface area contributed by atoms with Crippen LogP contribution in [-0.2, 0) is 9.06 Å². The Morgan fingerprint density at radius 2 is 2.15 bits per heavy atom. The van der Waals surface area contributed by atoms with E-state index in [2.05, 4.69) is 15.9 Å². The van der Waals surface area contributed by atoms with E-state index in [4.69, 9.17) is 16.3 Å². The van der Waals surface area contributed by atoms with Gasteiger partial charge in [-0.25, -0.2) is 4.39 Å². The highest BCUT2D eigenvalue weighted by Gasteiger charge is 2.37. The molecule has 1 heterocycles. The number of halogens is 3. The van der Waals surface area contributed by atoms with Gasteiger partial charge in [-0.1, -0.05) is 33.6 Å². The molecule has 1 saturated heterocycles. The molecule has 0 atom stereocenters. The van der Waals surface area contributed by atoms with Gasteiger partial charge in [-0.3, -0.25) is 0 Å². The Hall–Kier alpha value is -0.120. The number of benzene rings is 1. The van der Waals surface area contributed by atoms with Crippen molar-refractivity contribution in [1.29, 1.82) is 0 Å². The summed E-state index contributed by atoms with van der Waals surface area (Å²) in [6.07, 6.45) is 0. The zero-order valence-corrected chi connectivity index (χ0v) is 9.03. The molecule has 13 heavy (non-hydrogen) atoms. The SMILES string of the molecule is Fc1ccc(C2(Br)COC2)cc1Cl. The van der Waals surface area contributed by atoms with E-state index < -0.39 is 0 Å². The molecule has 1 fully saturated rings. The first-order valence-corrected chi connectivity index (χ1v) is 5.01. The van der Waals surface area contributed by atoms with Gasteiger partial charge in [0.1, 0.15) is 5.82 Å². The third-order valence-corrected chi connectivity index (χ3v) is 3.30. The van der Waals surface area contributed by atoms with Gasteiger partial charge in [-0.15, -0.1) is 0 Å². The molecule has 0 radical (unpaired) electrons. The van der Waals surface area contributed by atoms with E-state index >= 15 is 0 Å². The van der Waals surface area contributed by atoms with Crippen molar-refractivity contribution in [3.63, 3.8) is 0 Å². The lowest BCUT2D eigenvalue weighted by Gasteiger charge is -2.36. The van der Waals surface area contributed by atoms with E-state index in [1.165, 1.54) is 6.07 Å². The van der Waals surface area contributed by atoms with E-state index in [0.717, 1.165) is 5.56 Å². The maximum atomic E-state index is 12.8. The minimum absolute atomic E-state index is 0.156. The molecule has 1 aromatic carbocycles. The van der Waals surface area contributed by atoms with Crippen LogP contribution in [0.15, 0.2) is 18.2 Å². The molecule has 70 valence electrons. The van der Waals surface area contributed by atoms with Crippen molar-refractivity contribution in [3.8, 4) is 0 Å². The van der Waals surface area contributed by atoms with Gasteiger partial charge in [0.25, 0.3) is 0 Å². The highest BCUT2D eigenvalue weighted by molar-refractivity contribution is 9.09. The fraction of sp³-hybridized carbons (Fsp3) is 0.333. The van der Waals surface area contributed by atoms with E-state index in [1.54, 1.807) is 12.1 Å². The molecule has 1 aliphatic heterocycles. The first-order valence-electron chi connectivity index (χ1n) is 3.84. The predicted molar refractivity (Wildman–Crippen MR) is 52.8 cm³/mol.